The van der Waals surface area contributed by atoms with Crippen LogP contribution in [0.3, 0.4) is 0 Å². The summed E-state index contributed by atoms with van der Waals surface area (Å²) in [6.45, 7) is 1.05. The van der Waals surface area contributed by atoms with Crippen molar-refractivity contribution in [1.29, 1.82) is 0 Å². The highest BCUT2D eigenvalue weighted by Crippen LogP contribution is 2.23. The van der Waals surface area contributed by atoms with Gasteiger partial charge >= 0.3 is 0 Å². The lowest BCUT2D eigenvalue weighted by atomic mass is 9.97. The molecule has 0 aliphatic carbocycles. The van der Waals surface area contributed by atoms with Gasteiger partial charge in [-0.3, -0.25) is 9.59 Å². The van der Waals surface area contributed by atoms with Gasteiger partial charge in [0.15, 0.2) is 0 Å². The van der Waals surface area contributed by atoms with E-state index < -0.39 is 0 Å². The Hall–Kier alpha value is -2.04. The molecule has 1 aromatic rings. The Morgan fingerprint density at radius 3 is 2.79 bits per heavy atom. The van der Waals surface area contributed by atoms with E-state index in [0.29, 0.717) is 24.4 Å². The topological polar surface area (TPSA) is 72.6 Å². The van der Waals surface area contributed by atoms with Gasteiger partial charge in [-0.2, -0.15) is 0 Å². The summed E-state index contributed by atoms with van der Waals surface area (Å²) in [6, 6.07) is 7.10. The van der Waals surface area contributed by atoms with Crippen molar-refractivity contribution in [2.24, 2.45) is 11.7 Å². The van der Waals surface area contributed by atoms with Crippen LogP contribution in [0.15, 0.2) is 24.3 Å². The highest BCUT2D eigenvalue weighted by atomic mass is 16.5. The first kappa shape index (κ1) is 13.4. The van der Waals surface area contributed by atoms with Gasteiger partial charge in [0.25, 0.3) is 5.91 Å². The Labute approximate surface area is 112 Å². The van der Waals surface area contributed by atoms with E-state index in [9.17, 15) is 9.59 Å². The predicted octanol–water partition coefficient (Wildman–Crippen LogP) is 1.03. The first-order valence-corrected chi connectivity index (χ1v) is 6.35. The normalized spacial score (nSPS) is 19.0. The fraction of sp³-hybridized carbons (Fsp3) is 0.429. The number of para-hydroxylation sites is 1. The van der Waals surface area contributed by atoms with Crippen LogP contribution in [0, 0.1) is 5.92 Å². The minimum Gasteiger partial charge on any atom is -0.496 e. The van der Waals surface area contributed by atoms with E-state index >= 15 is 0 Å². The molecule has 0 spiro atoms. The highest BCUT2D eigenvalue weighted by molar-refractivity contribution is 5.97. The van der Waals surface area contributed by atoms with Crippen LogP contribution in [-0.2, 0) is 4.79 Å². The summed E-state index contributed by atoms with van der Waals surface area (Å²) in [7, 11) is 1.54. The molecule has 1 aliphatic rings. The van der Waals surface area contributed by atoms with Crippen LogP contribution in [0.2, 0.25) is 0 Å². The number of carbonyl (C=O) groups is 2. The second-order valence-electron chi connectivity index (χ2n) is 4.69. The van der Waals surface area contributed by atoms with Gasteiger partial charge in [0.05, 0.1) is 18.6 Å². The number of hydrogen-bond donors (Lipinski definition) is 1. The Balaban J connectivity index is 2.17. The van der Waals surface area contributed by atoms with Crippen LogP contribution in [0.4, 0.5) is 0 Å². The number of nitrogens with two attached hydrogens (primary N) is 1. The van der Waals surface area contributed by atoms with Crippen molar-refractivity contribution < 1.29 is 14.3 Å². The molecule has 1 heterocycles. The van der Waals surface area contributed by atoms with Crippen LogP contribution in [0.1, 0.15) is 23.2 Å². The monoisotopic (exact) mass is 262 g/mol. The maximum Gasteiger partial charge on any atom is 0.257 e. The number of carbonyl (C=O) groups excluding carboxylic acids is 2. The summed E-state index contributed by atoms with van der Waals surface area (Å²) >= 11 is 0. The average molecular weight is 262 g/mol. The van der Waals surface area contributed by atoms with Gasteiger partial charge in [0.2, 0.25) is 5.91 Å². The molecule has 1 fully saturated rings. The summed E-state index contributed by atoms with van der Waals surface area (Å²) in [5.74, 6) is -0.137. The SMILES string of the molecule is COc1ccccc1C(=O)N1CCC[C@@H](C(N)=O)C1. The van der Waals surface area contributed by atoms with E-state index in [1.165, 1.54) is 7.11 Å². The number of amides is 2. The molecule has 1 atom stereocenters. The van der Waals surface area contributed by atoms with E-state index in [4.69, 9.17) is 10.5 Å². The maximum absolute atomic E-state index is 12.4. The van der Waals surface area contributed by atoms with Crippen molar-refractivity contribution in [3.05, 3.63) is 29.8 Å². The fourth-order valence-electron chi connectivity index (χ4n) is 2.39. The van der Waals surface area contributed by atoms with Gasteiger partial charge in [-0.15, -0.1) is 0 Å². The van der Waals surface area contributed by atoms with Gasteiger partial charge in [-0.05, 0) is 25.0 Å². The first-order chi connectivity index (χ1) is 9.13. The Morgan fingerprint density at radius 1 is 1.37 bits per heavy atom. The molecular formula is C14H18N2O3. The zero-order valence-corrected chi connectivity index (χ0v) is 11.0. The molecule has 2 amide bonds. The summed E-state index contributed by atoms with van der Waals surface area (Å²) in [6.07, 6.45) is 1.56. The van der Waals surface area contributed by atoms with E-state index in [-0.39, 0.29) is 17.7 Å². The molecule has 102 valence electrons. The van der Waals surface area contributed by atoms with Gasteiger partial charge in [-0.1, -0.05) is 12.1 Å². The molecule has 19 heavy (non-hydrogen) atoms. The average Bonchev–Trinajstić information content (AvgIpc) is 2.46. The van der Waals surface area contributed by atoms with E-state index in [1.54, 1.807) is 23.1 Å². The molecule has 2 N–H and O–H groups in total. The minimum atomic E-state index is -0.336. The number of benzene rings is 1. The third kappa shape index (κ3) is 2.86. The minimum absolute atomic E-state index is 0.108. The van der Waals surface area contributed by atoms with Gasteiger partial charge in [-0.25, -0.2) is 0 Å². The number of rotatable bonds is 3. The van der Waals surface area contributed by atoms with E-state index in [2.05, 4.69) is 0 Å². The van der Waals surface area contributed by atoms with Crippen molar-refractivity contribution in [3.63, 3.8) is 0 Å². The maximum atomic E-state index is 12.4. The molecule has 0 radical (unpaired) electrons. The van der Waals surface area contributed by atoms with Gasteiger partial charge < -0.3 is 15.4 Å². The van der Waals surface area contributed by atoms with Gasteiger partial charge in [0, 0.05) is 13.1 Å². The molecule has 0 bridgehead atoms. The number of ether oxygens (including phenoxy) is 1. The number of nitrogens with zero attached hydrogens (tertiary/aromatic N) is 1. The quantitative estimate of drug-likeness (QED) is 0.884. The Kier molecular flexibility index (Phi) is 4.04. The molecular weight excluding hydrogens is 244 g/mol. The summed E-state index contributed by atoms with van der Waals surface area (Å²) < 4.78 is 5.19. The molecule has 0 aromatic heterocycles. The lowest BCUT2D eigenvalue weighted by Gasteiger charge is -2.31. The first-order valence-electron chi connectivity index (χ1n) is 6.35. The molecule has 1 aromatic carbocycles. The Morgan fingerprint density at radius 2 is 2.11 bits per heavy atom. The van der Waals surface area contributed by atoms with Crippen LogP contribution in [0.25, 0.3) is 0 Å². The second-order valence-corrected chi connectivity index (χ2v) is 4.69. The standard InChI is InChI=1S/C14H18N2O3/c1-19-12-7-3-2-6-11(12)14(18)16-8-4-5-10(9-16)13(15)17/h2-3,6-7,10H,4-5,8-9H2,1H3,(H2,15,17)/t10-/m1/s1. The molecule has 5 nitrogen and oxygen atoms in total. The molecule has 2 rings (SSSR count). The number of piperidine rings is 1. The number of hydrogen-bond acceptors (Lipinski definition) is 3. The van der Waals surface area contributed by atoms with E-state index in [0.717, 1.165) is 12.8 Å². The molecule has 5 heteroatoms. The zero-order chi connectivity index (χ0) is 13.8. The lowest BCUT2D eigenvalue weighted by Crippen LogP contribution is -2.44. The van der Waals surface area contributed by atoms with Crippen LogP contribution >= 0.6 is 0 Å². The summed E-state index contributed by atoms with van der Waals surface area (Å²) in [5, 5.41) is 0. The van der Waals surface area contributed by atoms with Crippen molar-refractivity contribution in [3.8, 4) is 5.75 Å². The molecule has 0 unspecified atom stereocenters. The summed E-state index contributed by atoms with van der Waals surface area (Å²) in [4.78, 5) is 25.4. The third-order valence-corrected chi connectivity index (χ3v) is 3.45. The second kappa shape index (κ2) is 5.73. The summed E-state index contributed by atoms with van der Waals surface area (Å²) in [5.41, 5.74) is 5.85. The lowest BCUT2D eigenvalue weighted by molar-refractivity contribution is -0.123. The fourth-order valence-corrected chi connectivity index (χ4v) is 2.39. The van der Waals surface area contributed by atoms with Crippen molar-refractivity contribution in [1.82, 2.24) is 4.90 Å². The van der Waals surface area contributed by atoms with Gasteiger partial charge in [0.1, 0.15) is 5.75 Å². The van der Waals surface area contributed by atoms with E-state index in [1.807, 2.05) is 6.07 Å². The van der Waals surface area contributed by atoms with Crippen LogP contribution in [-0.4, -0.2) is 36.9 Å². The van der Waals surface area contributed by atoms with Crippen LogP contribution < -0.4 is 10.5 Å². The molecule has 1 aliphatic heterocycles. The van der Waals surface area contributed by atoms with Crippen molar-refractivity contribution in [2.75, 3.05) is 20.2 Å². The largest absolute Gasteiger partial charge is 0.496 e. The number of likely N-dealkylation sites (tertiary alicyclic amines) is 1. The predicted molar refractivity (Wildman–Crippen MR) is 70.8 cm³/mol. The highest BCUT2D eigenvalue weighted by Gasteiger charge is 2.28. The number of methoxy groups -OCH3 is 1. The molecule has 1 saturated heterocycles. The van der Waals surface area contributed by atoms with Crippen LogP contribution in [0.5, 0.6) is 5.75 Å². The smallest absolute Gasteiger partial charge is 0.257 e. The van der Waals surface area contributed by atoms with Crippen molar-refractivity contribution >= 4 is 11.8 Å². The number of primary amides is 1. The third-order valence-electron chi connectivity index (χ3n) is 3.45. The molecule has 0 saturated carbocycles. The Bertz CT molecular complexity index is 487. The zero-order valence-electron chi connectivity index (χ0n) is 11.0. The van der Waals surface area contributed by atoms with Crippen molar-refractivity contribution in [2.45, 2.75) is 12.8 Å².